The summed E-state index contributed by atoms with van der Waals surface area (Å²) in [5.41, 5.74) is 0.529. The first-order chi connectivity index (χ1) is 15.7. The Labute approximate surface area is 208 Å². The Bertz CT molecular complexity index is 452. The van der Waals surface area contributed by atoms with Crippen molar-refractivity contribution in [3.05, 3.63) is 0 Å². The van der Waals surface area contributed by atoms with E-state index in [1.807, 2.05) is 0 Å². The molecule has 0 aromatic heterocycles. The highest BCUT2D eigenvalue weighted by Crippen LogP contribution is 2.49. The van der Waals surface area contributed by atoms with Crippen LogP contribution >= 0.6 is 0 Å². The summed E-state index contributed by atoms with van der Waals surface area (Å²) in [5, 5.41) is 18.2. The molecular weight excluding hydrogens is 424 g/mol. The van der Waals surface area contributed by atoms with E-state index >= 15 is 0 Å². The van der Waals surface area contributed by atoms with Crippen LogP contribution in [0.2, 0.25) is 18.1 Å². The maximum Gasteiger partial charge on any atom is 0.192 e. The zero-order chi connectivity index (χ0) is 24.6. The molecular formula is C29H60O3Si. The van der Waals surface area contributed by atoms with Gasteiger partial charge in [-0.15, -0.1) is 0 Å². The average molecular weight is 485 g/mol. The summed E-state index contributed by atoms with van der Waals surface area (Å²) in [7, 11) is -1.69. The fourth-order valence-corrected chi connectivity index (χ4v) is 6.81. The van der Waals surface area contributed by atoms with Crippen LogP contribution in [0.3, 0.4) is 0 Å². The lowest BCUT2D eigenvalue weighted by Gasteiger charge is -2.39. The molecule has 1 atom stereocenters. The van der Waals surface area contributed by atoms with Crippen molar-refractivity contribution in [2.75, 3.05) is 13.2 Å². The summed E-state index contributed by atoms with van der Waals surface area (Å²) < 4.78 is 6.88. The molecule has 0 heterocycles. The zero-order valence-corrected chi connectivity index (χ0v) is 24.2. The Morgan fingerprint density at radius 2 is 1.09 bits per heavy atom. The number of hydrogen-bond donors (Lipinski definition) is 2. The van der Waals surface area contributed by atoms with E-state index in [0.29, 0.717) is 29.8 Å². The van der Waals surface area contributed by atoms with Crippen LogP contribution in [-0.2, 0) is 4.43 Å². The standard InChI is InChI=1S/C29H60O3Si/c1-28(2,3)33(4,5)32-27-20-23-29(26-27,21-16-12-8-6-10-14-18-24-30)22-17-13-9-7-11-15-19-25-31/h27,30-31H,6-26H2,1-5H3. The smallest absolute Gasteiger partial charge is 0.192 e. The second-order valence-corrected chi connectivity index (χ2v) is 17.4. The normalized spacial score (nSPS) is 18.8. The van der Waals surface area contributed by atoms with E-state index in [4.69, 9.17) is 14.6 Å². The topological polar surface area (TPSA) is 49.7 Å². The SMILES string of the molecule is CC(C)(C)[Si](C)(C)OC1CCC(CCCCCCCCCO)(CCCCCCCCCO)C1. The van der Waals surface area contributed by atoms with Crippen molar-refractivity contribution >= 4 is 8.32 Å². The first-order valence-electron chi connectivity index (χ1n) is 14.6. The number of unbranched alkanes of at least 4 members (excludes halogenated alkanes) is 12. The van der Waals surface area contributed by atoms with E-state index in [0.717, 1.165) is 12.8 Å². The second kappa shape index (κ2) is 16.7. The Morgan fingerprint density at radius 3 is 1.48 bits per heavy atom. The van der Waals surface area contributed by atoms with Gasteiger partial charge in [0.2, 0.25) is 0 Å². The highest BCUT2D eigenvalue weighted by atomic mass is 28.4. The van der Waals surface area contributed by atoms with Gasteiger partial charge in [-0.05, 0) is 68.5 Å². The van der Waals surface area contributed by atoms with Crippen LogP contribution < -0.4 is 0 Å². The van der Waals surface area contributed by atoms with Crippen molar-refractivity contribution in [3.8, 4) is 0 Å². The van der Waals surface area contributed by atoms with E-state index in [2.05, 4.69) is 33.9 Å². The van der Waals surface area contributed by atoms with Crippen molar-refractivity contribution < 1.29 is 14.6 Å². The Balaban J connectivity index is 2.47. The molecule has 1 saturated carbocycles. The van der Waals surface area contributed by atoms with E-state index in [-0.39, 0.29) is 0 Å². The van der Waals surface area contributed by atoms with Crippen molar-refractivity contribution in [3.63, 3.8) is 0 Å². The molecule has 2 N–H and O–H groups in total. The molecule has 1 aliphatic rings. The van der Waals surface area contributed by atoms with Gasteiger partial charge in [-0.25, -0.2) is 0 Å². The third-order valence-corrected chi connectivity index (χ3v) is 13.2. The largest absolute Gasteiger partial charge is 0.414 e. The summed E-state index contributed by atoms with van der Waals surface area (Å²) >= 11 is 0. The molecule has 1 rings (SSSR count). The zero-order valence-electron chi connectivity index (χ0n) is 23.2. The van der Waals surface area contributed by atoms with Gasteiger partial charge in [-0.3, -0.25) is 0 Å². The minimum Gasteiger partial charge on any atom is -0.414 e. The van der Waals surface area contributed by atoms with Gasteiger partial charge < -0.3 is 14.6 Å². The van der Waals surface area contributed by atoms with Gasteiger partial charge in [0.15, 0.2) is 8.32 Å². The Hall–Kier alpha value is 0.0969. The lowest BCUT2D eigenvalue weighted by atomic mass is 9.76. The van der Waals surface area contributed by atoms with Gasteiger partial charge >= 0.3 is 0 Å². The minimum atomic E-state index is -1.69. The summed E-state index contributed by atoms with van der Waals surface area (Å²) in [6, 6.07) is 0. The molecule has 1 fully saturated rings. The third-order valence-electron chi connectivity index (χ3n) is 8.66. The number of aliphatic hydroxyl groups is 2. The molecule has 0 bridgehead atoms. The molecule has 198 valence electrons. The van der Waals surface area contributed by atoms with Gasteiger partial charge in [-0.1, -0.05) is 97.8 Å². The van der Waals surface area contributed by atoms with Crippen LogP contribution in [-0.4, -0.2) is 37.8 Å². The molecule has 1 unspecified atom stereocenters. The first-order valence-corrected chi connectivity index (χ1v) is 17.5. The Kier molecular flexibility index (Phi) is 15.8. The first kappa shape index (κ1) is 31.1. The molecule has 0 saturated heterocycles. The molecule has 33 heavy (non-hydrogen) atoms. The fraction of sp³-hybridized carbons (Fsp3) is 1.00. The van der Waals surface area contributed by atoms with Gasteiger partial charge in [-0.2, -0.15) is 0 Å². The van der Waals surface area contributed by atoms with Crippen LogP contribution in [0.25, 0.3) is 0 Å². The second-order valence-electron chi connectivity index (χ2n) is 12.6. The Morgan fingerprint density at radius 1 is 0.697 bits per heavy atom. The quantitative estimate of drug-likeness (QED) is 0.134. The molecule has 0 radical (unpaired) electrons. The monoisotopic (exact) mass is 484 g/mol. The number of rotatable bonds is 20. The summed E-state index contributed by atoms with van der Waals surface area (Å²) in [6.45, 7) is 12.6. The number of aliphatic hydroxyl groups excluding tert-OH is 2. The summed E-state index contributed by atoms with van der Waals surface area (Å²) in [6.07, 6.45) is 25.0. The maximum absolute atomic E-state index is 8.93. The molecule has 0 aliphatic heterocycles. The molecule has 3 nitrogen and oxygen atoms in total. The van der Waals surface area contributed by atoms with Gasteiger partial charge in [0, 0.05) is 19.3 Å². The van der Waals surface area contributed by atoms with Crippen molar-refractivity contribution in [2.45, 2.75) is 167 Å². The molecule has 0 spiro atoms. The molecule has 0 aromatic rings. The summed E-state index contributed by atoms with van der Waals surface area (Å²) in [5.74, 6) is 0. The van der Waals surface area contributed by atoms with Crippen LogP contribution in [0.1, 0.15) is 143 Å². The fourth-order valence-electron chi connectivity index (χ4n) is 5.42. The van der Waals surface area contributed by atoms with Crippen molar-refractivity contribution in [1.29, 1.82) is 0 Å². The van der Waals surface area contributed by atoms with E-state index in [9.17, 15) is 0 Å². The van der Waals surface area contributed by atoms with E-state index < -0.39 is 8.32 Å². The van der Waals surface area contributed by atoms with Gasteiger partial charge in [0.1, 0.15) is 0 Å². The van der Waals surface area contributed by atoms with E-state index in [1.54, 1.807) is 0 Å². The molecule has 0 amide bonds. The van der Waals surface area contributed by atoms with Crippen LogP contribution in [0.15, 0.2) is 0 Å². The molecule has 0 aromatic carbocycles. The van der Waals surface area contributed by atoms with Crippen molar-refractivity contribution in [1.82, 2.24) is 0 Å². The van der Waals surface area contributed by atoms with Crippen LogP contribution in [0.4, 0.5) is 0 Å². The lowest BCUT2D eigenvalue weighted by molar-refractivity contribution is 0.151. The molecule has 4 heteroatoms. The maximum atomic E-state index is 8.93. The summed E-state index contributed by atoms with van der Waals surface area (Å²) in [4.78, 5) is 0. The van der Waals surface area contributed by atoms with Crippen LogP contribution in [0.5, 0.6) is 0 Å². The number of hydrogen-bond acceptors (Lipinski definition) is 3. The lowest BCUT2D eigenvalue weighted by Crippen LogP contribution is -2.43. The van der Waals surface area contributed by atoms with Crippen molar-refractivity contribution in [2.24, 2.45) is 5.41 Å². The van der Waals surface area contributed by atoms with Gasteiger partial charge in [0.05, 0.1) is 0 Å². The minimum absolute atomic E-state index is 0.296. The highest BCUT2D eigenvalue weighted by molar-refractivity contribution is 6.74. The third kappa shape index (κ3) is 13.1. The van der Waals surface area contributed by atoms with E-state index in [1.165, 1.54) is 109 Å². The predicted octanol–water partition coefficient (Wildman–Crippen LogP) is 8.77. The van der Waals surface area contributed by atoms with Crippen LogP contribution in [0, 0.1) is 5.41 Å². The predicted molar refractivity (Wildman–Crippen MR) is 146 cm³/mol. The van der Waals surface area contributed by atoms with Gasteiger partial charge in [0.25, 0.3) is 0 Å². The highest BCUT2D eigenvalue weighted by Gasteiger charge is 2.44. The molecule has 1 aliphatic carbocycles. The average Bonchev–Trinajstić information content (AvgIpc) is 3.13.